The Morgan fingerprint density at radius 1 is 1.00 bits per heavy atom. The molecule has 1 aliphatic carbocycles. The third-order valence-electron chi connectivity index (χ3n) is 4.53. The van der Waals surface area contributed by atoms with E-state index >= 15 is 0 Å². The number of anilines is 3. The van der Waals surface area contributed by atoms with Crippen molar-refractivity contribution >= 4 is 28.8 Å². The fraction of sp³-hybridized carbons (Fsp3) is 0.316. The van der Waals surface area contributed by atoms with Gasteiger partial charge in [-0.2, -0.15) is 0 Å². The van der Waals surface area contributed by atoms with Gasteiger partial charge in [0.1, 0.15) is 0 Å². The minimum Gasteiger partial charge on any atom is -0.385 e. The topological polar surface area (TPSA) is 96.3 Å². The van der Waals surface area contributed by atoms with Crippen LogP contribution in [0.1, 0.15) is 25.7 Å². The molecule has 3 N–H and O–H groups in total. The van der Waals surface area contributed by atoms with Gasteiger partial charge in [0.2, 0.25) is 0 Å². The lowest BCUT2D eigenvalue weighted by molar-refractivity contribution is -0.384. The number of benzene rings is 2. The van der Waals surface area contributed by atoms with Crippen molar-refractivity contribution in [3.63, 3.8) is 0 Å². The zero-order chi connectivity index (χ0) is 18.4. The molecule has 0 spiro atoms. The fourth-order valence-electron chi connectivity index (χ4n) is 3.14. The highest BCUT2D eigenvalue weighted by atomic mass is 16.6. The molecule has 1 saturated carbocycles. The Kier molecular flexibility index (Phi) is 5.68. The molecule has 0 aromatic heterocycles. The summed E-state index contributed by atoms with van der Waals surface area (Å²) in [6.07, 6.45) is 5.25. The molecule has 0 aliphatic heterocycles. The average Bonchev–Trinajstić information content (AvgIpc) is 3.15. The van der Waals surface area contributed by atoms with Crippen LogP contribution in [0.3, 0.4) is 0 Å². The molecule has 0 saturated heterocycles. The van der Waals surface area contributed by atoms with E-state index in [1.165, 1.54) is 43.9 Å². The molecule has 0 bridgehead atoms. The number of carbonyl (C=O) groups is 1. The first-order valence-corrected chi connectivity index (χ1v) is 8.76. The van der Waals surface area contributed by atoms with E-state index in [4.69, 9.17) is 0 Å². The summed E-state index contributed by atoms with van der Waals surface area (Å²) in [4.78, 5) is 22.3. The average molecular weight is 354 g/mol. The van der Waals surface area contributed by atoms with Gasteiger partial charge in [0.25, 0.3) is 5.69 Å². The van der Waals surface area contributed by atoms with Crippen molar-refractivity contribution in [1.82, 2.24) is 0 Å². The van der Waals surface area contributed by atoms with Gasteiger partial charge in [0, 0.05) is 35.7 Å². The second-order valence-electron chi connectivity index (χ2n) is 6.50. The number of rotatable bonds is 6. The van der Waals surface area contributed by atoms with Crippen LogP contribution in [0.5, 0.6) is 0 Å². The lowest BCUT2D eigenvalue weighted by atomic mass is 10.1. The smallest absolute Gasteiger partial charge is 0.323 e. The van der Waals surface area contributed by atoms with Crippen molar-refractivity contribution in [1.29, 1.82) is 0 Å². The Bertz CT molecular complexity index is 771. The van der Waals surface area contributed by atoms with E-state index in [9.17, 15) is 14.9 Å². The molecule has 2 aromatic rings. The van der Waals surface area contributed by atoms with Crippen LogP contribution in [0.4, 0.5) is 27.5 Å². The number of hydrogen-bond donors (Lipinski definition) is 3. The Balaban J connectivity index is 1.50. The van der Waals surface area contributed by atoms with Crippen molar-refractivity contribution in [2.75, 3.05) is 22.5 Å². The molecule has 7 heteroatoms. The summed E-state index contributed by atoms with van der Waals surface area (Å²) in [6.45, 7) is 0.986. The molecule has 1 fully saturated rings. The zero-order valence-electron chi connectivity index (χ0n) is 14.4. The van der Waals surface area contributed by atoms with Gasteiger partial charge in [-0.05, 0) is 49.1 Å². The highest BCUT2D eigenvalue weighted by Gasteiger charge is 2.14. The molecule has 7 nitrogen and oxygen atoms in total. The Morgan fingerprint density at radius 2 is 1.65 bits per heavy atom. The fourth-order valence-corrected chi connectivity index (χ4v) is 3.14. The normalized spacial score (nSPS) is 14.0. The number of nitro benzene ring substituents is 1. The summed E-state index contributed by atoms with van der Waals surface area (Å²) in [5.74, 6) is 0.758. The predicted molar refractivity (Wildman–Crippen MR) is 103 cm³/mol. The van der Waals surface area contributed by atoms with Crippen molar-refractivity contribution < 1.29 is 9.72 Å². The van der Waals surface area contributed by atoms with Gasteiger partial charge in [-0.3, -0.25) is 10.1 Å². The molecule has 0 heterocycles. The highest BCUT2D eigenvalue weighted by molar-refractivity contribution is 6.00. The van der Waals surface area contributed by atoms with Crippen LogP contribution >= 0.6 is 0 Å². The van der Waals surface area contributed by atoms with Crippen LogP contribution in [0.2, 0.25) is 0 Å². The quantitative estimate of drug-likeness (QED) is 0.511. The number of hydrogen-bond acceptors (Lipinski definition) is 4. The van der Waals surface area contributed by atoms with Gasteiger partial charge in [-0.1, -0.05) is 18.9 Å². The molecule has 26 heavy (non-hydrogen) atoms. The molecule has 1 aliphatic rings. The lowest BCUT2D eigenvalue weighted by Crippen LogP contribution is -2.19. The van der Waals surface area contributed by atoms with Crippen LogP contribution in [0.15, 0.2) is 48.5 Å². The van der Waals surface area contributed by atoms with E-state index in [-0.39, 0.29) is 5.69 Å². The summed E-state index contributed by atoms with van der Waals surface area (Å²) >= 11 is 0. The first-order valence-electron chi connectivity index (χ1n) is 8.76. The lowest BCUT2D eigenvalue weighted by Gasteiger charge is -2.12. The number of nitro groups is 1. The molecule has 136 valence electrons. The first kappa shape index (κ1) is 17.7. The van der Waals surface area contributed by atoms with Crippen molar-refractivity contribution in [2.24, 2.45) is 5.92 Å². The van der Waals surface area contributed by atoms with Gasteiger partial charge in [0.05, 0.1) is 4.92 Å². The molecule has 0 atom stereocenters. The van der Waals surface area contributed by atoms with Gasteiger partial charge >= 0.3 is 6.03 Å². The van der Waals surface area contributed by atoms with Gasteiger partial charge in [-0.25, -0.2) is 4.79 Å². The SMILES string of the molecule is O=C(Nc1ccc(NCC2CCCC2)cc1)Nc1cccc([N+](=O)[O-])c1. The molecule has 2 amide bonds. The molecule has 0 unspecified atom stereocenters. The van der Waals surface area contributed by atoms with Crippen molar-refractivity contribution in [3.8, 4) is 0 Å². The Hall–Kier alpha value is -3.09. The maximum Gasteiger partial charge on any atom is 0.323 e. The number of urea groups is 1. The number of amides is 2. The minimum atomic E-state index is -0.500. The number of carbonyl (C=O) groups excluding carboxylic acids is 1. The van der Waals surface area contributed by atoms with Crippen molar-refractivity contribution in [2.45, 2.75) is 25.7 Å². The van der Waals surface area contributed by atoms with Crippen molar-refractivity contribution in [3.05, 3.63) is 58.6 Å². The first-order chi connectivity index (χ1) is 12.6. The molecular formula is C19H22N4O3. The standard InChI is InChI=1S/C19H22N4O3/c24-19(22-17-6-3-7-18(12-17)23(25)26)21-16-10-8-15(9-11-16)20-13-14-4-1-2-5-14/h3,6-12,14,20H,1-2,4-5,13H2,(H2,21,22,24). The maximum atomic E-state index is 12.0. The molecular weight excluding hydrogens is 332 g/mol. The van der Waals surface area contributed by atoms with E-state index in [1.807, 2.05) is 24.3 Å². The van der Waals surface area contributed by atoms with Gasteiger partial charge in [-0.15, -0.1) is 0 Å². The summed E-state index contributed by atoms with van der Waals surface area (Å²) in [7, 11) is 0. The largest absolute Gasteiger partial charge is 0.385 e. The number of nitrogens with one attached hydrogen (secondary N) is 3. The monoisotopic (exact) mass is 354 g/mol. The number of non-ortho nitro benzene ring substituents is 1. The summed E-state index contributed by atoms with van der Waals surface area (Å²) in [5, 5.41) is 19.5. The Labute approximate surface area is 152 Å². The van der Waals surface area contributed by atoms with E-state index in [0.29, 0.717) is 11.4 Å². The van der Waals surface area contributed by atoms with E-state index in [1.54, 1.807) is 6.07 Å². The summed E-state index contributed by atoms with van der Waals surface area (Å²) < 4.78 is 0. The van der Waals surface area contributed by atoms with Crippen LogP contribution in [0, 0.1) is 16.0 Å². The van der Waals surface area contributed by atoms with Crippen LogP contribution in [-0.4, -0.2) is 17.5 Å². The second-order valence-corrected chi connectivity index (χ2v) is 6.50. The summed E-state index contributed by atoms with van der Waals surface area (Å²) in [6, 6.07) is 12.9. The van der Waals surface area contributed by atoms with Gasteiger partial charge < -0.3 is 16.0 Å². The summed E-state index contributed by atoms with van der Waals surface area (Å²) in [5.41, 5.74) is 1.98. The number of nitrogens with zero attached hydrogens (tertiary/aromatic N) is 1. The van der Waals surface area contributed by atoms with E-state index in [2.05, 4.69) is 16.0 Å². The third kappa shape index (κ3) is 4.95. The molecule has 0 radical (unpaired) electrons. The minimum absolute atomic E-state index is 0.0690. The van der Waals surface area contributed by atoms with Crippen LogP contribution in [0.25, 0.3) is 0 Å². The Morgan fingerprint density at radius 3 is 2.35 bits per heavy atom. The third-order valence-corrected chi connectivity index (χ3v) is 4.53. The molecule has 3 rings (SSSR count). The van der Waals surface area contributed by atoms with E-state index < -0.39 is 11.0 Å². The maximum absolute atomic E-state index is 12.0. The molecule has 2 aromatic carbocycles. The second kappa shape index (κ2) is 8.33. The van der Waals surface area contributed by atoms with E-state index in [0.717, 1.165) is 18.2 Å². The predicted octanol–water partition coefficient (Wildman–Crippen LogP) is 4.84. The zero-order valence-corrected chi connectivity index (χ0v) is 14.4. The van der Waals surface area contributed by atoms with Gasteiger partial charge in [0.15, 0.2) is 0 Å². The highest BCUT2D eigenvalue weighted by Crippen LogP contribution is 2.25. The van der Waals surface area contributed by atoms with Crippen LogP contribution < -0.4 is 16.0 Å². The van der Waals surface area contributed by atoms with Crippen LogP contribution in [-0.2, 0) is 0 Å².